The lowest BCUT2D eigenvalue weighted by molar-refractivity contribution is -0.139. The van der Waals surface area contributed by atoms with Crippen molar-refractivity contribution < 1.29 is 32.7 Å². The van der Waals surface area contributed by atoms with Crippen LogP contribution in [-0.2, 0) is 20.9 Å². The molecule has 2 aromatic heterocycles. The van der Waals surface area contributed by atoms with Crippen molar-refractivity contribution >= 4 is 76.3 Å². The number of ether oxygens (including phenoxy) is 1. The van der Waals surface area contributed by atoms with E-state index in [4.69, 9.17) is 16.3 Å². The smallest absolute Gasteiger partial charge is 0.258 e. The molecule has 15 nitrogen and oxygen atoms in total. The zero-order valence-corrected chi connectivity index (χ0v) is 45.4. The summed E-state index contributed by atoms with van der Waals surface area (Å²) in [5.74, 6) is 2.50. The molecule has 20 heteroatoms. The maximum Gasteiger partial charge on any atom is 0.258 e. The Morgan fingerprint density at radius 3 is 2.28 bits per heavy atom. The van der Waals surface area contributed by atoms with E-state index < -0.39 is 22.4 Å². The molecule has 2 aliphatic heterocycles. The highest BCUT2D eigenvalue weighted by molar-refractivity contribution is 8.00. The van der Waals surface area contributed by atoms with Crippen LogP contribution < -0.4 is 26.0 Å². The van der Waals surface area contributed by atoms with Crippen LogP contribution in [0, 0.1) is 12.8 Å². The third-order valence-corrected chi connectivity index (χ3v) is 16.3. The maximum absolute atomic E-state index is 14.3. The first kappa shape index (κ1) is 57.8. The molecule has 2 aliphatic carbocycles. The molecule has 2 unspecified atom stereocenters. The molecule has 4 N–H and O–H groups in total. The average molecular weight is 1060 g/mol. The zero-order chi connectivity index (χ0) is 52.4. The van der Waals surface area contributed by atoms with Gasteiger partial charge in [-0.1, -0.05) is 55.1 Å². The number of nitrogens with one attached hydrogen (secondary N) is 4. The number of thioether (sulfide) groups is 1. The van der Waals surface area contributed by atoms with Gasteiger partial charge >= 0.3 is 0 Å². The fourth-order valence-corrected chi connectivity index (χ4v) is 11.0. The number of alkyl halides is 2. The van der Waals surface area contributed by atoms with Crippen LogP contribution in [0.5, 0.6) is 5.75 Å². The number of hydrogen-bond donors (Lipinski definition) is 4. The fourth-order valence-electron chi connectivity index (χ4n) is 8.68. The summed E-state index contributed by atoms with van der Waals surface area (Å²) in [6, 6.07) is 13.0. The second-order valence-corrected chi connectivity index (χ2v) is 22.0. The Hall–Kier alpha value is -5.11. The van der Waals surface area contributed by atoms with Crippen LogP contribution in [-0.4, -0.2) is 143 Å². The molecule has 2 atom stereocenters. The second kappa shape index (κ2) is 27.8. The van der Waals surface area contributed by atoms with Gasteiger partial charge in [-0.05, 0) is 114 Å². The number of carbonyl (C=O) groups is 4. The summed E-state index contributed by atoms with van der Waals surface area (Å²) >= 11 is 9.42. The summed E-state index contributed by atoms with van der Waals surface area (Å²) in [6.45, 7) is 12.6. The van der Waals surface area contributed by atoms with E-state index in [1.54, 1.807) is 55.5 Å². The lowest BCUT2D eigenvalue weighted by Gasteiger charge is -2.38. The Kier molecular flexibility index (Phi) is 22.3. The minimum absolute atomic E-state index is 0.00756. The number of anilines is 3. The number of methoxy groups -OCH3 is 1. The number of piperazine rings is 1. The summed E-state index contributed by atoms with van der Waals surface area (Å²) < 4.78 is 28.8. The standard InChI is InChI=1S/C21H35FN2O2S.C18H23ClN6O2.C12H12N2OS.CH3F/c1-15-8-7-13-24(15)18(25)17(23-19(26)21(22)11-12-21)20(2,3)27-14-16-9-5-4-6-10-16;1-20-16-13(19)11-21-18(23-16)22-14-5-4-12(10-15(14)27-3)17(26)25-8-6-24(2)7-9-25;1-9-12(16-8-14-9)11-4-2-10(3-5-11)6-13-7-15;1-2/h15-17H,4-14H2,1-3H3,(H,23,26);4-5,10-11H,6-9H2,1-3H3,(H2,20,21,22,23);2-5,7-8H,6H2,1H3,(H,13,15);1H3. The Morgan fingerprint density at radius 1 is 1.00 bits per heavy atom. The molecule has 72 heavy (non-hydrogen) atoms. The summed E-state index contributed by atoms with van der Waals surface area (Å²) in [7, 11) is 5.85. The van der Waals surface area contributed by atoms with E-state index in [1.165, 1.54) is 48.7 Å². The highest BCUT2D eigenvalue weighted by Crippen LogP contribution is 2.42. The number of hydrogen-bond acceptors (Lipinski definition) is 13. The van der Waals surface area contributed by atoms with Crippen molar-refractivity contribution in [1.82, 2.24) is 40.3 Å². The van der Waals surface area contributed by atoms with Crippen molar-refractivity contribution in [2.24, 2.45) is 5.92 Å². The van der Waals surface area contributed by atoms with Crippen LogP contribution in [0.4, 0.5) is 26.2 Å². The maximum atomic E-state index is 14.3. The van der Waals surface area contributed by atoms with Crippen LogP contribution in [0.1, 0.15) is 100 Å². The molecule has 4 aromatic rings. The number of carbonyl (C=O) groups excluding carboxylic acids is 4. The molecule has 4 amide bonds. The molecule has 4 heterocycles. The predicted octanol–water partition coefficient (Wildman–Crippen LogP) is 9.34. The average Bonchev–Trinajstić information content (AvgIpc) is 3.77. The second-order valence-electron chi connectivity index (χ2n) is 19.1. The SMILES string of the molecule is CC1CCCN1C(=O)C(NC(=O)C1(F)CC1)C(C)(C)SCC1CCCCC1.CF.CNc1nc(Nc2ccc(C(=O)N3CCN(C)CC3)cc2OC)ncc1Cl.Cc1ncsc1-c1ccc(CNC=O)cc1. The van der Waals surface area contributed by atoms with Crippen LogP contribution >= 0.6 is 34.7 Å². The van der Waals surface area contributed by atoms with Gasteiger partial charge < -0.3 is 40.7 Å². The van der Waals surface area contributed by atoms with Gasteiger partial charge in [0.2, 0.25) is 18.3 Å². The van der Waals surface area contributed by atoms with Crippen LogP contribution in [0.15, 0.2) is 54.2 Å². The number of halogens is 3. The monoisotopic (exact) mass is 1050 g/mol. The van der Waals surface area contributed by atoms with Gasteiger partial charge in [0, 0.05) is 62.7 Å². The number of rotatable bonds is 16. The molecular weight excluding hydrogens is 982 g/mol. The van der Waals surface area contributed by atoms with Crippen LogP contribution in [0.25, 0.3) is 10.4 Å². The highest BCUT2D eigenvalue weighted by Gasteiger charge is 2.53. The molecular formula is C52H73ClF2N10O5S2. The van der Waals surface area contributed by atoms with Gasteiger partial charge in [-0.2, -0.15) is 16.7 Å². The highest BCUT2D eigenvalue weighted by atomic mass is 35.5. The van der Waals surface area contributed by atoms with Gasteiger partial charge in [0.15, 0.2) is 5.67 Å². The number of aromatic nitrogens is 3. The van der Waals surface area contributed by atoms with Crippen LogP contribution in [0.2, 0.25) is 5.02 Å². The fraction of sp³-hybridized carbons (Fsp3) is 0.558. The molecule has 8 rings (SSSR count). The molecule has 0 bridgehead atoms. The topological polar surface area (TPSA) is 174 Å². The third kappa shape index (κ3) is 16.2. The van der Waals surface area contributed by atoms with Gasteiger partial charge in [-0.25, -0.2) is 14.4 Å². The quantitative estimate of drug-likeness (QED) is 0.0785. The number of likely N-dealkylation sites (tertiary alicyclic amines) is 1. The molecule has 2 saturated carbocycles. The molecule has 2 saturated heterocycles. The third-order valence-electron chi connectivity index (χ3n) is 13.4. The predicted molar refractivity (Wildman–Crippen MR) is 287 cm³/mol. The number of benzene rings is 2. The largest absolute Gasteiger partial charge is 0.495 e. The lowest BCUT2D eigenvalue weighted by atomic mass is 9.91. The van der Waals surface area contributed by atoms with E-state index in [2.05, 4.69) is 67.2 Å². The number of nitrogens with zero attached hydrogens (tertiary/aromatic N) is 6. The molecule has 0 radical (unpaired) electrons. The van der Waals surface area contributed by atoms with E-state index in [0.717, 1.165) is 62.6 Å². The van der Waals surface area contributed by atoms with Gasteiger partial charge in [0.25, 0.3) is 11.8 Å². The van der Waals surface area contributed by atoms with Gasteiger partial charge in [0.1, 0.15) is 22.6 Å². The first-order valence-electron chi connectivity index (χ1n) is 24.7. The summed E-state index contributed by atoms with van der Waals surface area (Å²) in [5.41, 5.74) is 4.69. The van der Waals surface area contributed by atoms with Crippen molar-refractivity contribution in [2.45, 2.75) is 115 Å². The number of likely N-dealkylation sites (N-methyl/N-ethyl adjacent to an activating group) is 1. The van der Waals surface area contributed by atoms with Crippen molar-refractivity contribution in [3.05, 3.63) is 76.0 Å². The minimum Gasteiger partial charge on any atom is -0.495 e. The van der Waals surface area contributed by atoms with Gasteiger partial charge in [0.05, 0.1) is 42.3 Å². The number of aryl methyl sites for hydroxylation is 1. The van der Waals surface area contributed by atoms with E-state index >= 15 is 0 Å². The van der Waals surface area contributed by atoms with E-state index in [1.807, 2.05) is 48.2 Å². The van der Waals surface area contributed by atoms with Gasteiger partial charge in [-0.15, -0.1) is 11.3 Å². The van der Waals surface area contributed by atoms with Crippen molar-refractivity contribution in [3.63, 3.8) is 0 Å². The van der Waals surface area contributed by atoms with Crippen molar-refractivity contribution in [2.75, 3.05) is 77.5 Å². The van der Waals surface area contributed by atoms with E-state index in [0.29, 0.717) is 59.8 Å². The van der Waals surface area contributed by atoms with Crippen LogP contribution in [0.3, 0.4) is 0 Å². The normalized spacial score (nSPS) is 17.8. The minimum atomic E-state index is -1.75. The van der Waals surface area contributed by atoms with E-state index in [9.17, 15) is 28.0 Å². The first-order chi connectivity index (χ1) is 34.5. The Balaban J connectivity index is 0.000000204. The lowest BCUT2D eigenvalue weighted by Crippen LogP contribution is -2.59. The molecule has 4 aliphatic rings. The van der Waals surface area contributed by atoms with Crippen molar-refractivity contribution in [1.29, 1.82) is 0 Å². The first-order valence-corrected chi connectivity index (χ1v) is 26.9. The Labute approximate surface area is 437 Å². The molecule has 2 aromatic carbocycles. The molecule has 4 fully saturated rings. The summed E-state index contributed by atoms with van der Waals surface area (Å²) in [5, 5.41) is 11.9. The zero-order valence-electron chi connectivity index (χ0n) is 43.0. The number of amides is 4. The van der Waals surface area contributed by atoms with Gasteiger partial charge in [-0.3, -0.25) is 23.6 Å². The summed E-state index contributed by atoms with van der Waals surface area (Å²) in [6.07, 6.45) is 11.2. The summed E-state index contributed by atoms with van der Waals surface area (Å²) in [4.78, 5) is 68.5. The molecule has 0 spiro atoms. The Morgan fingerprint density at radius 2 is 1.69 bits per heavy atom. The van der Waals surface area contributed by atoms with E-state index in [-0.39, 0.29) is 30.7 Å². The number of thiazole rings is 1. The van der Waals surface area contributed by atoms with Crippen molar-refractivity contribution in [3.8, 4) is 16.2 Å². The molecule has 394 valence electrons. The Bertz CT molecular complexity index is 2380.